The normalized spacial score (nSPS) is 12.6. The number of halogens is 1. The minimum absolute atomic E-state index is 0.213. The smallest absolute Gasteiger partial charge is 0.174 e. The summed E-state index contributed by atoms with van der Waals surface area (Å²) < 4.78 is 11.2. The number of methoxy groups -OCH3 is 1. The van der Waals surface area contributed by atoms with Crippen LogP contribution in [0.1, 0.15) is 17.2 Å². The Hall–Kier alpha value is -1.78. The highest BCUT2D eigenvalue weighted by atomic mass is 79.9. The lowest BCUT2D eigenvalue weighted by Crippen LogP contribution is -2.11. The van der Waals surface area contributed by atoms with E-state index in [9.17, 15) is 0 Å². The predicted octanol–water partition coefficient (Wildman–Crippen LogP) is 4.25. The zero-order valence-electron chi connectivity index (χ0n) is 11.0. The van der Waals surface area contributed by atoms with E-state index in [-0.39, 0.29) is 6.04 Å². The van der Waals surface area contributed by atoms with E-state index >= 15 is 0 Å². The Bertz CT molecular complexity index is 751. The van der Waals surface area contributed by atoms with E-state index in [1.807, 2.05) is 30.3 Å². The molecule has 102 valence electrons. The predicted molar refractivity (Wildman–Crippen MR) is 82.9 cm³/mol. The summed E-state index contributed by atoms with van der Waals surface area (Å²) in [5.41, 5.74) is 8.28. The molecule has 1 aromatic heterocycles. The van der Waals surface area contributed by atoms with Crippen molar-refractivity contribution in [2.45, 2.75) is 6.04 Å². The molecule has 0 saturated carbocycles. The second-order valence-electron chi connectivity index (χ2n) is 4.60. The van der Waals surface area contributed by atoms with Crippen molar-refractivity contribution in [3.63, 3.8) is 0 Å². The van der Waals surface area contributed by atoms with Gasteiger partial charge in [0, 0.05) is 5.56 Å². The molecule has 0 amide bonds. The van der Waals surface area contributed by atoms with Gasteiger partial charge in [0.2, 0.25) is 0 Å². The van der Waals surface area contributed by atoms with Crippen LogP contribution >= 0.6 is 15.9 Å². The van der Waals surface area contributed by atoms with Gasteiger partial charge in [0.05, 0.1) is 19.4 Å². The zero-order valence-corrected chi connectivity index (χ0v) is 12.6. The van der Waals surface area contributed by atoms with Gasteiger partial charge >= 0.3 is 0 Å². The first-order valence-corrected chi connectivity index (χ1v) is 7.04. The minimum Gasteiger partial charge on any atom is -0.497 e. The quantitative estimate of drug-likeness (QED) is 0.780. The Balaban J connectivity index is 2.03. The molecule has 0 bridgehead atoms. The topological polar surface area (TPSA) is 48.4 Å². The van der Waals surface area contributed by atoms with E-state index in [1.54, 1.807) is 13.4 Å². The van der Waals surface area contributed by atoms with E-state index in [4.69, 9.17) is 14.9 Å². The highest BCUT2D eigenvalue weighted by molar-refractivity contribution is 9.10. The lowest BCUT2D eigenvalue weighted by Gasteiger charge is -2.12. The van der Waals surface area contributed by atoms with Crippen molar-refractivity contribution in [1.82, 2.24) is 0 Å². The molecule has 20 heavy (non-hydrogen) atoms. The Morgan fingerprint density at radius 3 is 2.55 bits per heavy atom. The van der Waals surface area contributed by atoms with E-state index < -0.39 is 0 Å². The van der Waals surface area contributed by atoms with Gasteiger partial charge in [-0.3, -0.25) is 0 Å². The van der Waals surface area contributed by atoms with Crippen molar-refractivity contribution in [2.75, 3.05) is 7.11 Å². The molecular formula is C16H14BrNO2. The fourth-order valence-corrected chi connectivity index (χ4v) is 2.76. The van der Waals surface area contributed by atoms with Gasteiger partial charge in [-0.2, -0.15) is 0 Å². The fraction of sp³-hybridized carbons (Fsp3) is 0.125. The van der Waals surface area contributed by atoms with Crippen LogP contribution in [0.4, 0.5) is 0 Å². The zero-order chi connectivity index (χ0) is 14.1. The van der Waals surface area contributed by atoms with Crippen molar-refractivity contribution >= 4 is 26.7 Å². The molecule has 0 fully saturated rings. The van der Waals surface area contributed by atoms with Gasteiger partial charge in [-0.1, -0.05) is 18.2 Å². The molecule has 1 heterocycles. The van der Waals surface area contributed by atoms with Crippen LogP contribution in [-0.2, 0) is 0 Å². The summed E-state index contributed by atoms with van der Waals surface area (Å²) in [5, 5.41) is 2.27. The third-order valence-corrected chi connectivity index (χ3v) is 4.06. The number of hydrogen-bond acceptors (Lipinski definition) is 3. The van der Waals surface area contributed by atoms with Gasteiger partial charge in [0.25, 0.3) is 0 Å². The second kappa shape index (κ2) is 5.31. The first-order chi connectivity index (χ1) is 9.69. The summed E-state index contributed by atoms with van der Waals surface area (Å²) in [7, 11) is 1.67. The summed E-state index contributed by atoms with van der Waals surface area (Å²) in [4.78, 5) is 0. The Labute approximate surface area is 125 Å². The number of fused-ring (bicyclic) bond motifs is 1. The molecule has 3 rings (SSSR count). The number of ether oxygens (including phenoxy) is 1. The van der Waals surface area contributed by atoms with Crippen molar-refractivity contribution in [3.8, 4) is 5.75 Å². The molecule has 0 aliphatic rings. The Morgan fingerprint density at radius 1 is 1.10 bits per heavy atom. The average Bonchev–Trinajstić information content (AvgIpc) is 2.91. The molecule has 0 aliphatic heterocycles. The fourth-order valence-electron chi connectivity index (χ4n) is 2.27. The van der Waals surface area contributed by atoms with Crippen LogP contribution in [0.5, 0.6) is 5.75 Å². The molecule has 1 unspecified atom stereocenters. The molecule has 1 atom stereocenters. The van der Waals surface area contributed by atoms with E-state index in [2.05, 4.69) is 28.1 Å². The first-order valence-electron chi connectivity index (χ1n) is 6.25. The third-order valence-electron chi connectivity index (χ3n) is 3.41. The van der Waals surface area contributed by atoms with Crippen molar-refractivity contribution in [2.24, 2.45) is 5.73 Å². The number of hydrogen-bond donors (Lipinski definition) is 1. The number of furan rings is 1. The van der Waals surface area contributed by atoms with Gasteiger partial charge in [0.1, 0.15) is 5.75 Å². The Kier molecular flexibility index (Phi) is 3.51. The van der Waals surface area contributed by atoms with Crippen LogP contribution in [0.2, 0.25) is 0 Å². The number of benzene rings is 2. The Morgan fingerprint density at radius 2 is 1.85 bits per heavy atom. The third kappa shape index (κ3) is 2.32. The maximum absolute atomic E-state index is 6.29. The van der Waals surface area contributed by atoms with Gasteiger partial charge < -0.3 is 14.9 Å². The number of rotatable bonds is 3. The number of nitrogens with two attached hydrogens (primary N) is 1. The summed E-state index contributed by atoms with van der Waals surface area (Å²) in [6, 6.07) is 13.9. The van der Waals surface area contributed by atoms with Crippen LogP contribution in [0, 0.1) is 0 Å². The van der Waals surface area contributed by atoms with Crippen LogP contribution in [0.25, 0.3) is 10.8 Å². The van der Waals surface area contributed by atoms with Crippen molar-refractivity contribution < 1.29 is 9.15 Å². The van der Waals surface area contributed by atoms with Gasteiger partial charge in [0.15, 0.2) is 4.67 Å². The summed E-state index contributed by atoms with van der Waals surface area (Å²) in [6.45, 7) is 0. The second-order valence-corrected chi connectivity index (χ2v) is 5.32. The van der Waals surface area contributed by atoms with E-state index in [1.165, 1.54) is 0 Å². The molecular weight excluding hydrogens is 318 g/mol. The molecule has 4 heteroatoms. The average molecular weight is 332 g/mol. The standard InChI is InChI=1S/C16H14BrNO2/c1-19-13-5-4-10-8-12(3-2-11(10)9-13)15(18)14-6-7-20-16(14)17/h2-9,15H,18H2,1H3. The molecule has 0 spiro atoms. The molecule has 2 N–H and O–H groups in total. The van der Waals surface area contributed by atoms with Gasteiger partial charge in [-0.25, -0.2) is 0 Å². The molecule has 2 aromatic carbocycles. The van der Waals surface area contributed by atoms with Crippen molar-refractivity contribution in [3.05, 3.63) is 64.5 Å². The van der Waals surface area contributed by atoms with E-state index in [0.29, 0.717) is 4.67 Å². The highest BCUT2D eigenvalue weighted by Gasteiger charge is 2.14. The maximum atomic E-state index is 6.29. The van der Waals surface area contributed by atoms with Crippen LogP contribution in [0.15, 0.2) is 57.8 Å². The molecule has 3 nitrogen and oxygen atoms in total. The highest BCUT2D eigenvalue weighted by Crippen LogP contribution is 2.30. The SMILES string of the molecule is COc1ccc2cc(C(N)c3ccoc3Br)ccc2c1. The summed E-state index contributed by atoms with van der Waals surface area (Å²) in [6.07, 6.45) is 1.63. The monoisotopic (exact) mass is 331 g/mol. The molecule has 0 radical (unpaired) electrons. The van der Waals surface area contributed by atoms with E-state index in [0.717, 1.165) is 27.6 Å². The van der Waals surface area contributed by atoms with Gasteiger partial charge in [-0.05, 0) is 56.5 Å². The maximum Gasteiger partial charge on any atom is 0.174 e. The molecule has 0 aliphatic carbocycles. The van der Waals surface area contributed by atoms with Crippen LogP contribution in [-0.4, -0.2) is 7.11 Å². The van der Waals surface area contributed by atoms with Crippen LogP contribution < -0.4 is 10.5 Å². The van der Waals surface area contributed by atoms with Gasteiger partial charge in [-0.15, -0.1) is 0 Å². The lowest BCUT2D eigenvalue weighted by atomic mass is 9.99. The minimum atomic E-state index is -0.213. The largest absolute Gasteiger partial charge is 0.497 e. The summed E-state index contributed by atoms with van der Waals surface area (Å²) >= 11 is 3.37. The van der Waals surface area contributed by atoms with Crippen LogP contribution in [0.3, 0.4) is 0 Å². The lowest BCUT2D eigenvalue weighted by molar-refractivity contribution is 0.415. The molecule has 3 aromatic rings. The van der Waals surface area contributed by atoms with Crippen molar-refractivity contribution in [1.29, 1.82) is 0 Å². The molecule has 0 saturated heterocycles. The first kappa shape index (κ1) is 13.2. The summed E-state index contributed by atoms with van der Waals surface area (Å²) in [5.74, 6) is 0.854.